The molecule has 0 aromatic carbocycles. The fourth-order valence-corrected chi connectivity index (χ4v) is 2.77. The molecule has 0 saturated carbocycles. The van der Waals surface area contributed by atoms with Crippen molar-refractivity contribution in [3.8, 4) is 0 Å². The predicted octanol–water partition coefficient (Wildman–Crippen LogP) is 1.28. The van der Waals surface area contributed by atoms with Crippen molar-refractivity contribution in [1.29, 1.82) is 0 Å². The highest BCUT2D eigenvalue weighted by Gasteiger charge is 2.39. The summed E-state index contributed by atoms with van der Waals surface area (Å²) in [5.41, 5.74) is -0.315. The maximum Gasteiger partial charge on any atom is 0.0942 e. The van der Waals surface area contributed by atoms with Gasteiger partial charge in [-0.1, -0.05) is 6.92 Å². The summed E-state index contributed by atoms with van der Waals surface area (Å²) < 4.78 is 5.30. The predicted molar refractivity (Wildman–Crippen MR) is 48.0 cm³/mol. The van der Waals surface area contributed by atoms with Crippen LogP contribution in [-0.2, 0) is 4.74 Å². The van der Waals surface area contributed by atoms with Crippen molar-refractivity contribution in [2.24, 2.45) is 0 Å². The van der Waals surface area contributed by atoms with Crippen LogP contribution in [0.4, 0.5) is 0 Å². The van der Waals surface area contributed by atoms with Gasteiger partial charge in [-0.05, 0) is 19.1 Å². The van der Waals surface area contributed by atoms with E-state index in [0.717, 1.165) is 12.2 Å². The minimum absolute atomic E-state index is 0.300. The molecule has 66 valence electrons. The van der Waals surface area contributed by atoms with Crippen LogP contribution >= 0.6 is 11.8 Å². The summed E-state index contributed by atoms with van der Waals surface area (Å²) in [5.74, 6) is 1.09. The molecule has 1 fully saturated rings. The van der Waals surface area contributed by atoms with Gasteiger partial charge in [0.2, 0.25) is 0 Å². The van der Waals surface area contributed by atoms with E-state index in [1.165, 1.54) is 0 Å². The molecule has 0 aromatic rings. The van der Waals surface area contributed by atoms with Crippen molar-refractivity contribution < 1.29 is 9.84 Å². The van der Waals surface area contributed by atoms with Gasteiger partial charge in [0, 0.05) is 12.4 Å². The minimum atomic E-state index is -0.328. The zero-order valence-corrected chi connectivity index (χ0v) is 8.15. The summed E-state index contributed by atoms with van der Waals surface area (Å²) in [5, 5.41) is 10.1. The highest BCUT2D eigenvalue weighted by atomic mass is 32.2. The van der Waals surface area contributed by atoms with E-state index in [1.54, 1.807) is 7.11 Å². The molecule has 1 aliphatic rings. The molecule has 3 atom stereocenters. The molecule has 1 rings (SSSR count). The number of hydrogen-bond donors (Lipinski definition) is 1. The molecule has 0 radical (unpaired) electrons. The lowest BCUT2D eigenvalue weighted by Crippen LogP contribution is -2.49. The van der Waals surface area contributed by atoms with E-state index < -0.39 is 0 Å². The standard InChI is InChI=1S/C8H16O2S/c1-6-7(9)8(2,10-3)4-5-11-6/h6-7,9H,4-5H2,1-3H3/t6?,7-,8+/m0/s1. The van der Waals surface area contributed by atoms with E-state index in [1.807, 2.05) is 25.6 Å². The Morgan fingerprint density at radius 3 is 2.73 bits per heavy atom. The zero-order chi connectivity index (χ0) is 8.48. The normalized spacial score (nSPS) is 45.8. The number of hydrogen-bond acceptors (Lipinski definition) is 3. The molecular weight excluding hydrogens is 160 g/mol. The average Bonchev–Trinajstić information content (AvgIpc) is 2.00. The van der Waals surface area contributed by atoms with Crippen LogP contribution in [0.15, 0.2) is 0 Å². The average molecular weight is 176 g/mol. The first-order chi connectivity index (χ1) is 5.10. The highest BCUT2D eigenvalue weighted by Crippen LogP contribution is 2.34. The van der Waals surface area contributed by atoms with Crippen LogP contribution < -0.4 is 0 Å². The van der Waals surface area contributed by atoms with E-state index in [-0.39, 0.29) is 11.7 Å². The first kappa shape index (κ1) is 9.36. The van der Waals surface area contributed by atoms with Gasteiger partial charge in [0.25, 0.3) is 0 Å². The number of methoxy groups -OCH3 is 1. The molecule has 1 N–H and O–H groups in total. The largest absolute Gasteiger partial charge is 0.389 e. The highest BCUT2D eigenvalue weighted by molar-refractivity contribution is 8.00. The molecule has 1 heterocycles. The van der Waals surface area contributed by atoms with E-state index in [0.29, 0.717) is 5.25 Å². The lowest BCUT2D eigenvalue weighted by atomic mass is 9.93. The molecule has 11 heavy (non-hydrogen) atoms. The van der Waals surface area contributed by atoms with Crippen LogP contribution in [0, 0.1) is 0 Å². The Morgan fingerprint density at radius 1 is 1.64 bits per heavy atom. The fourth-order valence-electron chi connectivity index (χ4n) is 1.41. The number of aliphatic hydroxyl groups excluding tert-OH is 1. The summed E-state index contributed by atoms with van der Waals surface area (Å²) in [4.78, 5) is 0. The molecule has 0 aliphatic carbocycles. The number of thioether (sulfide) groups is 1. The van der Waals surface area contributed by atoms with E-state index in [9.17, 15) is 5.11 Å². The summed E-state index contributed by atoms with van der Waals surface area (Å²) >= 11 is 1.81. The van der Waals surface area contributed by atoms with Crippen molar-refractivity contribution in [2.75, 3.05) is 12.9 Å². The monoisotopic (exact) mass is 176 g/mol. The first-order valence-corrected chi connectivity index (χ1v) is 5.00. The van der Waals surface area contributed by atoms with Gasteiger partial charge in [-0.2, -0.15) is 11.8 Å². The third-order valence-electron chi connectivity index (χ3n) is 2.52. The van der Waals surface area contributed by atoms with E-state index in [4.69, 9.17) is 4.74 Å². The minimum Gasteiger partial charge on any atom is -0.389 e. The van der Waals surface area contributed by atoms with Crippen molar-refractivity contribution in [3.63, 3.8) is 0 Å². The zero-order valence-electron chi connectivity index (χ0n) is 7.33. The maximum atomic E-state index is 9.75. The Morgan fingerprint density at radius 2 is 2.27 bits per heavy atom. The second-order valence-electron chi connectivity index (χ2n) is 3.29. The second kappa shape index (κ2) is 3.33. The van der Waals surface area contributed by atoms with Crippen molar-refractivity contribution in [2.45, 2.75) is 37.2 Å². The van der Waals surface area contributed by atoms with Gasteiger partial charge >= 0.3 is 0 Å². The Hall–Kier alpha value is 0.270. The molecule has 0 bridgehead atoms. The first-order valence-electron chi connectivity index (χ1n) is 3.95. The van der Waals surface area contributed by atoms with Gasteiger partial charge in [0.05, 0.1) is 11.7 Å². The maximum absolute atomic E-state index is 9.75. The molecule has 1 aliphatic heterocycles. The second-order valence-corrected chi connectivity index (χ2v) is 4.77. The Labute approximate surface area is 72.3 Å². The lowest BCUT2D eigenvalue weighted by Gasteiger charge is -2.40. The number of rotatable bonds is 1. The molecule has 0 amide bonds. The molecule has 1 unspecified atom stereocenters. The quantitative estimate of drug-likeness (QED) is 0.652. The van der Waals surface area contributed by atoms with Gasteiger partial charge in [-0.15, -0.1) is 0 Å². The van der Waals surface area contributed by atoms with Gasteiger partial charge < -0.3 is 9.84 Å². The number of aliphatic hydroxyl groups is 1. The van der Waals surface area contributed by atoms with E-state index in [2.05, 4.69) is 0 Å². The molecule has 0 aromatic heterocycles. The van der Waals surface area contributed by atoms with Crippen LogP contribution in [0.25, 0.3) is 0 Å². The van der Waals surface area contributed by atoms with Gasteiger partial charge in [0.1, 0.15) is 0 Å². The van der Waals surface area contributed by atoms with Crippen molar-refractivity contribution in [3.05, 3.63) is 0 Å². The van der Waals surface area contributed by atoms with Crippen LogP contribution in [0.3, 0.4) is 0 Å². The molecule has 0 spiro atoms. The summed E-state index contributed by atoms with van der Waals surface area (Å²) in [6, 6.07) is 0. The van der Waals surface area contributed by atoms with E-state index >= 15 is 0 Å². The number of ether oxygens (including phenoxy) is 1. The molecule has 3 heteroatoms. The molecule has 1 saturated heterocycles. The fraction of sp³-hybridized carbons (Fsp3) is 1.00. The lowest BCUT2D eigenvalue weighted by molar-refractivity contribution is -0.0930. The summed E-state index contributed by atoms with van der Waals surface area (Å²) in [6.07, 6.45) is 0.617. The van der Waals surface area contributed by atoms with Crippen molar-refractivity contribution >= 4 is 11.8 Å². The SMILES string of the molecule is CO[C@]1(C)CCSC(C)[C@@H]1O. The Bertz CT molecular complexity index is 140. The topological polar surface area (TPSA) is 29.5 Å². The summed E-state index contributed by atoms with van der Waals surface area (Å²) in [6.45, 7) is 4.03. The Kier molecular flexibility index (Phi) is 2.84. The summed E-state index contributed by atoms with van der Waals surface area (Å²) in [7, 11) is 1.67. The van der Waals surface area contributed by atoms with Crippen molar-refractivity contribution in [1.82, 2.24) is 0 Å². The smallest absolute Gasteiger partial charge is 0.0942 e. The third-order valence-corrected chi connectivity index (χ3v) is 3.74. The van der Waals surface area contributed by atoms with Gasteiger partial charge in [-0.3, -0.25) is 0 Å². The van der Waals surface area contributed by atoms with Gasteiger partial charge in [-0.25, -0.2) is 0 Å². The van der Waals surface area contributed by atoms with Crippen LogP contribution in [0.5, 0.6) is 0 Å². The molecular formula is C8H16O2S. The third kappa shape index (κ3) is 1.71. The van der Waals surface area contributed by atoms with Crippen LogP contribution in [-0.4, -0.2) is 34.9 Å². The van der Waals surface area contributed by atoms with Crippen LogP contribution in [0.2, 0.25) is 0 Å². The van der Waals surface area contributed by atoms with Crippen LogP contribution in [0.1, 0.15) is 20.3 Å². The van der Waals surface area contributed by atoms with Gasteiger partial charge in [0.15, 0.2) is 0 Å². The molecule has 2 nitrogen and oxygen atoms in total. The Balaban J connectivity index is 2.64.